The minimum atomic E-state index is 0.0760. The van der Waals surface area contributed by atoms with E-state index in [0.717, 1.165) is 30.9 Å². The monoisotopic (exact) mass is 203 g/mol. The lowest BCUT2D eigenvalue weighted by molar-refractivity contribution is 0.787. The zero-order chi connectivity index (χ0) is 10.7. The van der Waals surface area contributed by atoms with Gasteiger partial charge in [0, 0.05) is 25.3 Å². The number of anilines is 1. The van der Waals surface area contributed by atoms with Crippen LogP contribution in [0.2, 0.25) is 0 Å². The SMILES string of the molecule is C[C@@H](N)c1ccnc(N2CC=CCC2)c1. The summed E-state index contributed by atoms with van der Waals surface area (Å²) in [6.45, 7) is 4.00. The van der Waals surface area contributed by atoms with Crippen LogP contribution in [0.4, 0.5) is 5.82 Å². The van der Waals surface area contributed by atoms with Gasteiger partial charge in [-0.3, -0.25) is 0 Å². The molecule has 3 heteroatoms. The Bertz CT molecular complexity index is 358. The summed E-state index contributed by atoms with van der Waals surface area (Å²) in [6.07, 6.45) is 7.34. The molecule has 1 aromatic rings. The Kier molecular flexibility index (Phi) is 3.02. The van der Waals surface area contributed by atoms with Gasteiger partial charge in [0.05, 0.1) is 0 Å². The van der Waals surface area contributed by atoms with E-state index in [1.807, 2.05) is 19.2 Å². The van der Waals surface area contributed by atoms with Crippen LogP contribution in [0.1, 0.15) is 24.9 Å². The van der Waals surface area contributed by atoms with Gasteiger partial charge in [-0.2, -0.15) is 0 Å². The number of rotatable bonds is 2. The van der Waals surface area contributed by atoms with Gasteiger partial charge in [-0.25, -0.2) is 4.98 Å². The quantitative estimate of drug-likeness (QED) is 0.746. The molecule has 1 aliphatic heterocycles. The molecule has 0 fully saturated rings. The zero-order valence-corrected chi connectivity index (χ0v) is 9.06. The highest BCUT2D eigenvalue weighted by molar-refractivity contribution is 5.43. The Hall–Kier alpha value is -1.35. The zero-order valence-electron chi connectivity index (χ0n) is 9.06. The molecule has 0 bridgehead atoms. The van der Waals surface area contributed by atoms with Crippen LogP contribution in [0.5, 0.6) is 0 Å². The second-order valence-corrected chi connectivity index (χ2v) is 3.94. The fourth-order valence-corrected chi connectivity index (χ4v) is 1.74. The van der Waals surface area contributed by atoms with Crippen LogP contribution < -0.4 is 10.6 Å². The van der Waals surface area contributed by atoms with E-state index in [-0.39, 0.29) is 6.04 Å². The Morgan fingerprint density at radius 2 is 2.33 bits per heavy atom. The number of hydrogen-bond acceptors (Lipinski definition) is 3. The van der Waals surface area contributed by atoms with E-state index in [0.29, 0.717) is 0 Å². The summed E-state index contributed by atoms with van der Waals surface area (Å²) in [5, 5.41) is 0. The van der Waals surface area contributed by atoms with Crippen LogP contribution in [0.15, 0.2) is 30.5 Å². The smallest absolute Gasteiger partial charge is 0.129 e. The highest BCUT2D eigenvalue weighted by Gasteiger charge is 2.09. The predicted octanol–water partition coefficient (Wildman–Crippen LogP) is 1.87. The first-order valence-electron chi connectivity index (χ1n) is 5.39. The fraction of sp³-hybridized carbons (Fsp3) is 0.417. The second-order valence-electron chi connectivity index (χ2n) is 3.94. The molecule has 2 N–H and O–H groups in total. The summed E-state index contributed by atoms with van der Waals surface area (Å²) in [5.74, 6) is 1.04. The molecule has 2 heterocycles. The molecule has 0 aliphatic carbocycles. The van der Waals surface area contributed by atoms with E-state index in [1.165, 1.54) is 0 Å². The molecule has 0 unspecified atom stereocenters. The maximum Gasteiger partial charge on any atom is 0.129 e. The van der Waals surface area contributed by atoms with Crippen LogP contribution >= 0.6 is 0 Å². The third-order valence-corrected chi connectivity index (χ3v) is 2.68. The number of nitrogens with zero attached hydrogens (tertiary/aromatic N) is 2. The summed E-state index contributed by atoms with van der Waals surface area (Å²) in [5.41, 5.74) is 7.00. The molecule has 0 aromatic carbocycles. The topological polar surface area (TPSA) is 42.1 Å². The van der Waals surface area contributed by atoms with E-state index < -0.39 is 0 Å². The average Bonchev–Trinajstić information content (AvgIpc) is 2.30. The van der Waals surface area contributed by atoms with Crippen molar-refractivity contribution in [2.24, 2.45) is 5.73 Å². The van der Waals surface area contributed by atoms with Crippen molar-refractivity contribution < 1.29 is 0 Å². The highest BCUT2D eigenvalue weighted by Crippen LogP contribution is 2.18. The molecule has 1 aromatic heterocycles. The van der Waals surface area contributed by atoms with Gasteiger partial charge in [0.2, 0.25) is 0 Å². The van der Waals surface area contributed by atoms with Gasteiger partial charge >= 0.3 is 0 Å². The van der Waals surface area contributed by atoms with E-state index in [1.54, 1.807) is 0 Å². The first-order valence-corrected chi connectivity index (χ1v) is 5.39. The third-order valence-electron chi connectivity index (χ3n) is 2.68. The van der Waals surface area contributed by atoms with Crippen molar-refractivity contribution in [3.8, 4) is 0 Å². The van der Waals surface area contributed by atoms with E-state index in [9.17, 15) is 0 Å². The minimum Gasteiger partial charge on any atom is -0.353 e. The Morgan fingerprint density at radius 3 is 3.00 bits per heavy atom. The predicted molar refractivity (Wildman–Crippen MR) is 62.8 cm³/mol. The normalized spacial score (nSPS) is 17.9. The minimum absolute atomic E-state index is 0.0760. The molecule has 0 saturated heterocycles. The average molecular weight is 203 g/mol. The lowest BCUT2D eigenvalue weighted by atomic mass is 10.1. The number of hydrogen-bond donors (Lipinski definition) is 1. The molecule has 1 aliphatic rings. The van der Waals surface area contributed by atoms with E-state index in [4.69, 9.17) is 5.73 Å². The molecule has 0 radical (unpaired) electrons. The van der Waals surface area contributed by atoms with Crippen molar-refractivity contribution in [3.05, 3.63) is 36.0 Å². The molecule has 0 amide bonds. The maximum absolute atomic E-state index is 5.85. The fourth-order valence-electron chi connectivity index (χ4n) is 1.74. The van der Waals surface area contributed by atoms with Crippen molar-refractivity contribution in [1.29, 1.82) is 0 Å². The summed E-state index contributed by atoms with van der Waals surface area (Å²) in [6, 6.07) is 4.14. The Labute approximate surface area is 90.6 Å². The standard InChI is InChI=1S/C12H17N3/c1-10(13)11-5-6-14-12(9-11)15-7-3-2-4-8-15/h2-3,5-6,9-10H,4,7-8,13H2,1H3/t10-/m1/s1. The van der Waals surface area contributed by atoms with E-state index >= 15 is 0 Å². The number of pyridine rings is 1. The van der Waals surface area contributed by atoms with Gasteiger partial charge in [0.1, 0.15) is 5.82 Å². The van der Waals surface area contributed by atoms with E-state index in [2.05, 4.69) is 28.1 Å². The summed E-state index contributed by atoms with van der Waals surface area (Å²) >= 11 is 0. The molecule has 0 spiro atoms. The largest absolute Gasteiger partial charge is 0.353 e. The molecular weight excluding hydrogens is 186 g/mol. The molecule has 80 valence electrons. The van der Waals surface area contributed by atoms with Gasteiger partial charge in [0.25, 0.3) is 0 Å². The maximum atomic E-state index is 5.85. The molecule has 0 saturated carbocycles. The lowest BCUT2D eigenvalue weighted by Crippen LogP contribution is -2.27. The van der Waals surface area contributed by atoms with Crippen molar-refractivity contribution in [2.45, 2.75) is 19.4 Å². The van der Waals surface area contributed by atoms with Crippen molar-refractivity contribution in [2.75, 3.05) is 18.0 Å². The van der Waals surface area contributed by atoms with Crippen molar-refractivity contribution in [3.63, 3.8) is 0 Å². The first kappa shape index (κ1) is 10.2. The van der Waals surface area contributed by atoms with Gasteiger partial charge < -0.3 is 10.6 Å². The first-order chi connectivity index (χ1) is 7.27. The van der Waals surface area contributed by atoms with Crippen LogP contribution in [-0.4, -0.2) is 18.1 Å². The van der Waals surface area contributed by atoms with Crippen LogP contribution in [0.25, 0.3) is 0 Å². The third kappa shape index (κ3) is 2.36. The summed E-state index contributed by atoms with van der Waals surface area (Å²) < 4.78 is 0. The number of aromatic nitrogens is 1. The molecule has 1 atom stereocenters. The summed E-state index contributed by atoms with van der Waals surface area (Å²) in [7, 11) is 0. The van der Waals surface area contributed by atoms with Crippen molar-refractivity contribution >= 4 is 5.82 Å². The second kappa shape index (κ2) is 4.45. The number of nitrogens with two attached hydrogens (primary N) is 1. The van der Waals surface area contributed by atoms with Gasteiger partial charge in [0.15, 0.2) is 0 Å². The Balaban J connectivity index is 2.20. The van der Waals surface area contributed by atoms with Crippen LogP contribution in [0, 0.1) is 0 Å². The van der Waals surface area contributed by atoms with Crippen LogP contribution in [0.3, 0.4) is 0 Å². The highest BCUT2D eigenvalue weighted by atomic mass is 15.2. The molecule has 2 rings (SSSR count). The van der Waals surface area contributed by atoms with Crippen LogP contribution in [-0.2, 0) is 0 Å². The summed E-state index contributed by atoms with van der Waals surface area (Å²) in [4.78, 5) is 6.65. The lowest BCUT2D eigenvalue weighted by Gasteiger charge is -2.25. The molecule has 15 heavy (non-hydrogen) atoms. The molecular formula is C12H17N3. The van der Waals surface area contributed by atoms with Gasteiger partial charge in [-0.1, -0.05) is 12.2 Å². The van der Waals surface area contributed by atoms with Crippen molar-refractivity contribution in [1.82, 2.24) is 4.98 Å². The van der Waals surface area contributed by atoms with Gasteiger partial charge in [-0.15, -0.1) is 0 Å². The molecule has 3 nitrogen and oxygen atoms in total. The Morgan fingerprint density at radius 1 is 1.47 bits per heavy atom. The van der Waals surface area contributed by atoms with Gasteiger partial charge in [-0.05, 0) is 31.0 Å².